The Bertz CT molecular complexity index is 992. The van der Waals surface area contributed by atoms with Crippen LogP contribution in [0, 0.1) is 5.92 Å². The van der Waals surface area contributed by atoms with Gasteiger partial charge in [0.05, 0.1) is 11.5 Å². The van der Waals surface area contributed by atoms with Gasteiger partial charge < -0.3 is 20.5 Å². The van der Waals surface area contributed by atoms with Gasteiger partial charge in [-0.25, -0.2) is 8.42 Å². The smallest absolute Gasteiger partial charge is 0.323 e. The molecule has 2 aromatic rings. The highest BCUT2D eigenvalue weighted by Gasteiger charge is 2.26. The number of nitrogens with one attached hydrogen (secondary N) is 3. The summed E-state index contributed by atoms with van der Waals surface area (Å²) in [6, 6.07) is 12.4. The predicted molar refractivity (Wildman–Crippen MR) is 113 cm³/mol. The second kappa shape index (κ2) is 10.4. The van der Waals surface area contributed by atoms with Crippen LogP contribution in [0.15, 0.2) is 59.5 Å². The summed E-state index contributed by atoms with van der Waals surface area (Å²) in [5, 5.41) is 15.0. The maximum Gasteiger partial charge on any atom is 0.323 e. The van der Waals surface area contributed by atoms with Crippen molar-refractivity contribution < 1.29 is 27.9 Å². The molecule has 1 atom stereocenters. The molecule has 10 heteroatoms. The van der Waals surface area contributed by atoms with Gasteiger partial charge in [0.15, 0.2) is 0 Å². The molecule has 1 amide bonds. The molecule has 0 unspecified atom stereocenters. The summed E-state index contributed by atoms with van der Waals surface area (Å²) in [5.74, 6) is -0.628. The van der Waals surface area contributed by atoms with Gasteiger partial charge in [0, 0.05) is 12.1 Å². The fourth-order valence-corrected chi connectivity index (χ4v) is 4.14. The highest BCUT2D eigenvalue weighted by Crippen LogP contribution is 2.15. The second-order valence-corrected chi connectivity index (χ2v) is 8.93. The largest absolute Gasteiger partial charge is 0.494 e. The number of carbonyl (C=O) groups excluding carboxylic acids is 1. The Balaban J connectivity index is 1.51. The maximum absolute atomic E-state index is 12.3. The minimum atomic E-state index is -4.04. The lowest BCUT2D eigenvalue weighted by Crippen LogP contribution is -2.48. The maximum atomic E-state index is 12.3. The average molecular weight is 448 g/mol. The number of hydrogen-bond acceptors (Lipinski definition) is 6. The van der Waals surface area contributed by atoms with E-state index in [-0.39, 0.29) is 4.90 Å². The monoisotopic (exact) mass is 447 g/mol. The minimum absolute atomic E-state index is 0.0586. The second-order valence-electron chi connectivity index (χ2n) is 7.22. The molecule has 0 aromatic heterocycles. The number of hydrogen-bond donors (Lipinski definition) is 4. The van der Waals surface area contributed by atoms with Crippen molar-refractivity contribution in [2.24, 2.45) is 5.92 Å². The summed E-state index contributed by atoms with van der Waals surface area (Å²) in [7, 11) is -4.04. The lowest BCUT2D eigenvalue weighted by Gasteiger charge is -2.26. The van der Waals surface area contributed by atoms with Crippen LogP contribution in [0.2, 0.25) is 0 Å². The molecule has 2 aromatic carbocycles. The van der Waals surface area contributed by atoms with Crippen LogP contribution in [0.1, 0.15) is 16.8 Å². The molecule has 1 heterocycles. The van der Waals surface area contributed by atoms with E-state index in [9.17, 15) is 23.1 Å². The quantitative estimate of drug-likeness (QED) is 0.401. The molecule has 1 saturated heterocycles. The molecule has 9 nitrogen and oxygen atoms in total. The third-order valence-electron chi connectivity index (χ3n) is 4.89. The zero-order valence-electron chi connectivity index (χ0n) is 16.8. The van der Waals surface area contributed by atoms with E-state index in [0.29, 0.717) is 23.8 Å². The number of amides is 1. The summed E-state index contributed by atoms with van der Waals surface area (Å²) >= 11 is 0. The van der Waals surface area contributed by atoms with Crippen molar-refractivity contribution in [2.75, 3.05) is 26.2 Å². The Labute approximate surface area is 180 Å². The molecule has 166 valence electrons. The third-order valence-corrected chi connectivity index (χ3v) is 6.38. The third kappa shape index (κ3) is 6.51. The average Bonchev–Trinajstić information content (AvgIpc) is 2.73. The molecule has 1 fully saturated rings. The first kappa shape index (κ1) is 22.7. The molecule has 3 rings (SSSR count). The van der Waals surface area contributed by atoms with E-state index in [1.165, 1.54) is 24.3 Å². The van der Waals surface area contributed by atoms with Crippen LogP contribution in [-0.4, -0.2) is 57.7 Å². The van der Waals surface area contributed by atoms with Crippen molar-refractivity contribution in [1.82, 2.24) is 15.4 Å². The Hall–Kier alpha value is -2.95. The van der Waals surface area contributed by atoms with E-state index in [0.717, 1.165) is 19.5 Å². The van der Waals surface area contributed by atoms with E-state index in [1.54, 1.807) is 30.3 Å². The molecule has 1 aliphatic rings. The molecule has 0 spiro atoms. The predicted octanol–water partition coefficient (Wildman–Crippen LogP) is 0.836. The number of sulfonamides is 1. The van der Waals surface area contributed by atoms with Crippen LogP contribution in [-0.2, 0) is 14.8 Å². The molecule has 0 saturated carbocycles. The molecule has 0 bridgehead atoms. The topological polar surface area (TPSA) is 134 Å². The van der Waals surface area contributed by atoms with Crippen LogP contribution in [0.3, 0.4) is 0 Å². The lowest BCUT2D eigenvalue weighted by atomic mass is 10.0. The van der Waals surface area contributed by atoms with Crippen molar-refractivity contribution in [1.29, 1.82) is 0 Å². The van der Waals surface area contributed by atoms with E-state index in [1.807, 2.05) is 0 Å². The SMILES string of the molecule is O=C(NC[C@H](NS(=O)(=O)c1ccccc1)C(=O)O)c1ccc(OCCC2CNC2)cc1. The van der Waals surface area contributed by atoms with Crippen molar-refractivity contribution in [3.8, 4) is 5.75 Å². The zero-order valence-corrected chi connectivity index (χ0v) is 17.6. The number of ether oxygens (including phenoxy) is 1. The standard InChI is InChI=1S/C21H25N3O6S/c25-20(16-6-8-17(9-7-16)30-11-10-15-12-22-13-15)23-14-19(21(26)27)24-31(28,29)18-4-2-1-3-5-18/h1-9,15,19,22,24H,10-14H2,(H,23,25)(H,26,27)/t19-/m0/s1. The van der Waals surface area contributed by atoms with Crippen molar-refractivity contribution >= 4 is 21.9 Å². The summed E-state index contributed by atoms with van der Waals surface area (Å²) in [6.07, 6.45) is 0.963. The van der Waals surface area contributed by atoms with Gasteiger partial charge in [0.1, 0.15) is 11.8 Å². The van der Waals surface area contributed by atoms with Crippen LogP contribution >= 0.6 is 0 Å². The Kier molecular flexibility index (Phi) is 7.61. The highest BCUT2D eigenvalue weighted by molar-refractivity contribution is 7.89. The highest BCUT2D eigenvalue weighted by atomic mass is 32.2. The fourth-order valence-electron chi connectivity index (χ4n) is 2.93. The summed E-state index contributed by atoms with van der Waals surface area (Å²) in [6.45, 7) is 2.22. The summed E-state index contributed by atoms with van der Waals surface area (Å²) in [4.78, 5) is 23.8. The van der Waals surface area contributed by atoms with Crippen LogP contribution in [0.5, 0.6) is 5.75 Å². The zero-order chi connectivity index (χ0) is 22.3. The molecule has 0 aliphatic carbocycles. The first-order valence-corrected chi connectivity index (χ1v) is 11.4. The number of carboxylic acid groups (broad SMARTS) is 1. The molecular formula is C21H25N3O6S. The number of benzene rings is 2. The van der Waals surface area contributed by atoms with Crippen molar-refractivity contribution in [3.63, 3.8) is 0 Å². The molecule has 31 heavy (non-hydrogen) atoms. The lowest BCUT2D eigenvalue weighted by molar-refractivity contribution is -0.138. The van der Waals surface area contributed by atoms with Crippen molar-refractivity contribution in [2.45, 2.75) is 17.4 Å². The van der Waals surface area contributed by atoms with Crippen molar-refractivity contribution in [3.05, 3.63) is 60.2 Å². The summed E-state index contributed by atoms with van der Waals surface area (Å²) < 4.78 is 32.5. The molecular weight excluding hydrogens is 422 g/mol. The Morgan fingerprint density at radius 3 is 2.35 bits per heavy atom. The van der Waals surface area contributed by atoms with Gasteiger partial charge in [0.2, 0.25) is 10.0 Å². The Morgan fingerprint density at radius 1 is 1.10 bits per heavy atom. The number of carboxylic acids is 1. The van der Waals surface area contributed by atoms with Crippen LogP contribution in [0.25, 0.3) is 0 Å². The number of carbonyl (C=O) groups is 2. The molecule has 0 radical (unpaired) electrons. The Morgan fingerprint density at radius 2 is 1.77 bits per heavy atom. The van der Waals surface area contributed by atoms with Gasteiger partial charge in [-0.2, -0.15) is 4.72 Å². The van der Waals surface area contributed by atoms with E-state index in [2.05, 4.69) is 15.4 Å². The van der Waals surface area contributed by atoms with E-state index < -0.39 is 34.5 Å². The fraction of sp³-hybridized carbons (Fsp3) is 0.333. The first-order valence-electron chi connectivity index (χ1n) is 9.87. The summed E-state index contributed by atoms with van der Waals surface area (Å²) in [5.41, 5.74) is 0.311. The van der Waals surface area contributed by atoms with E-state index in [4.69, 9.17) is 4.74 Å². The first-order chi connectivity index (χ1) is 14.8. The van der Waals surface area contributed by atoms with Gasteiger partial charge >= 0.3 is 5.97 Å². The van der Waals surface area contributed by atoms with Crippen LogP contribution < -0.4 is 20.1 Å². The minimum Gasteiger partial charge on any atom is -0.494 e. The molecule has 4 N–H and O–H groups in total. The number of aliphatic carboxylic acids is 1. The van der Waals surface area contributed by atoms with Gasteiger partial charge in [-0.3, -0.25) is 9.59 Å². The van der Waals surface area contributed by atoms with Gasteiger partial charge in [-0.05, 0) is 61.8 Å². The molecule has 1 aliphatic heterocycles. The van der Waals surface area contributed by atoms with Gasteiger partial charge in [0.25, 0.3) is 5.91 Å². The van der Waals surface area contributed by atoms with Gasteiger partial charge in [-0.15, -0.1) is 0 Å². The number of rotatable bonds is 11. The van der Waals surface area contributed by atoms with Crippen LogP contribution in [0.4, 0.5) is 0 Å². The van der Waals surface area contributed by atoms with E-state index >= 15 is 0 Å². The normalized spacial score (nSPS) is 15.0. The van der Waals surface area contributed by atoms with Gasteiger partial charge in [-0.1, -0.05) is 18.2 Å².